The predicted molar refractivity (Wildman–Crippen MR) is 61.0 cm³/mol. The number of fused-ring (bicyclic) bond motifs is 1. The zero-order valence-electron chi connectivity index (χ0n) is 9.53. The van der Waals surface area contributed by atoms with Crippen molar-refractivity contribution >= 4 is 16.8 Å². The highest BCUT2D eigenvalue weighted by Gasteiger charge is 2.18. The van der Waals surface area contributed by atoms with E-state index in [0.717, 1.165) is 12.1 Å². The molecule has 17 heavy (non-hydrogen) atoms. The average molecular weight is 238 g/mol. The van der Waals surface area contributed by atoms with Crippen molar-refractivity contribution in [2.45, 2.75) is 13.8 Å². The second-order valence-corrected chi connectivity index (χ2v) is 3.79. The molecule has 1 amide bonds. The third kappa shape index (κ3) is 1.88. The van der Waals surface area contributed by atoms with E-state index in [0.29, 0.717) is 17.8 Å². The lowest BCUT2D eigenvalue weighted by Crippen LogP contribution is -2.23. The smallest absolute Gasteiger partial charge is 0.253 e. The van der Waals surface area contributed by atoms with Gasteiger partial charge >= 0.3 is 0 Å². The minimum atomic E-state index is -0.696. The van der Waals surface area contributed by atoms with Crippen LogP contribution in [0.25, 0.3) is 10.9 Å². The number of nitrogens with one attached hydrogen (secondary N) is 2. The quantitative estimate of drug-likeness (QED) is 0.829. The van der Waals surface area contributed by atoms with E-state index in [1.54, 1.807) is 13.8 Å². The van der Waals surface area contributed by atoms with E-state index in [-0.39, 0.29) is 16.8 Å². The monoisotopic (exact) mass is 238 g/mol. The SMILES string of the molecule is CCNC(=O)c1c(C)[nH]c2c(F)cc(F)cc12. The predicted octanol–water partition coefficient (Wildman–Crippen LogP) is 2.50. The summed E-state index contributed by atoms with van der Waals surface area (Å²) in [6.07, 6.45) is 0. The summed E-state index contributed by atoms with van der Waals surface area (Å²) >= 11 is 0. The summed E-state index contributed by atoms with van der Waals surface area (Å²) in [5.74, 6) is -1.72. The van der Waals surface area contributed by atoms with E-state index in [9.17, 15) is 13.6 Å². The summed E-state index contributed by atoms with van der Waals surface area (Å²) in [5, 5.41) is 2.89. The Kier molecular flexibility index (Phi) is 2.83. The number of hydrogen-bond donors (Lipinski definition) is 2. The molecule has 1 aromatic heterocycles. The van der Waals surface area contributed by atoms with Crippen molar-refractivity contribution in [3.8, 4) is 0 Å². The van der Waals surface area contributed by atoms with E-state index in [1.165, 1.54) is 0 Å². The highest BCUT2D eigenvalue weighted by atomic mass is 19.1. The molecule has 0 radical (unpaired) electrons. The van der Waals surface area contributed by atoms with Crippen LogP contribution in [0.2, 0.25) is 0 Å². The van der Waals surface area contributed by atoms with Gasteiger partial charge in [0.05, 0.1) is 11.1 Å². The van der Waals surface area contributed by atoms with E-state index >= 15 is 0 Å². The van der Waals surface area contributed by atoms with Gasteiger partial charge in [0, 0.05) is 23.7 Å². The van der Waals surface area contributed by atoms with Crippen molar-refractivity contribution in [3.63, 3.8) is 0 Å². The van der Waals surface area contributed by atoms with Gasteiger partial charge in [0.2, 0.25) is 0 Å². The first kappa shape index (κ1) is 11.6. The number of benzene rings is 1. The van der Waals surface area contributed by atoms with E-state index in [1.807, 2.05) is 0 Å². The molecule has 1 heterocycles. The fourth-order valence-corrected chi connectivity index (χ4v) is 1.89. The van der Waals surface area contributed by atoms with Crippen LogP contribution in [0.15, 0.2) is 12.1 Å². The first-order valence-electron chi connectivity index (χ1n) is 5.30. The summed E-state index contributed by atoms with van der Waals surface area (Å²) < 4.78 is 26.6. The van der Waals surface area contributed by atoms with Gasteiger partial charge in [-0.1, -0.05) is 0 Å². The maximum atomic E-state index is 13.5. The Morgan fingerprint density at radius 1 is 1.41 bits per heavy atom. The van der Waals surface area contributed by atoms with Crippen LogP contribution in [0, 0.1) is 18.6 Å². The molecular formula is C12H12F2N2O. The molecule has 0 saturated carbocycles. The molecule has 5 heteroatoms. The standard InChI is InChI=1S/C12H12F2N2O/c1-3-15-12(17)10-6(2)16-11-8(10)4-7(13)5-9(11)14/h4-5,16H,3H2,1-2H3,(H,15,17). The second kappa shape index (κ2) is 4.16. The fraction of sp³-hybridized carbons (Fsp3) is 0.250. The Morgan fingerprint density at radius 3 is 2.76 bits per heavy atom. The molecule has 2 aromatic rings. The lowest BCUT2D eigenvalue weighted by Gasteiger charge is -2.02. The number of rotatable bonds is 2. The third-order valence-corrected chi connectivity index (χ3v) is 2.58. The fourth-order valence-electron chi connectivity index (χ4n) is 1.89. The van der Waals surface area contributed by atoms with Crippen LogP contribution in [-0.2, 0) is 0 Å². The second-order valence-electron chi connectivity index (χ2n) is 3.79. The Labute approximate surface area is 96.8 Å². The summed E-state index contributed by atoms with van der Waals surface area (Å²) in [6, 6.07) is 1.95. The first-order chi connectivity index (χ1) is 8.04. The molecule has 0 aliphatic rings. The van der Waals surface area contributed by atoms with Crippen molar-refractivity contribution in [1.82, 2.24) is 10.3 Å². The highest BCUT2D eigenvalue weighted by Crippen LogP contribution is 2.25. The summed E-state index contributed by atoms with van der Waals surface area (Å²) in [4.78, 5) is 14.5. The molecule has 2 N–H and O–H groups in total. The highest BCUT2D eigenvalue weighted by molar-refractivity contribution is 6.08. The lowest BCUT2D eigenvalue weighted by molar-refractivity contribution is 0.0957. The molecule has 0 unspecified atom stereocenters. The number of halogens is 2. The third-order valence-electron chi connectivity index (χ3n) is 2.58. The molecule has 3 nitrogen and oxygen atoms in total. The summed E-state index contributed by atoms with van der Waals surface area (Å²) in [7, 11) is 0. The largest absolute Gasteiger partial charge is 0.356 e. The van der Waals surface area contributed by atoms with Crippen LogP contribution in [-0.4, -0.2) is 17.4 Å². The van der Waals surface area contributed by atoms with Gasteiger partial charge in [-0.2, -0.15) is 0 Å². The molecule has 90 valence electrons. The maximum absolute atomic E-state index is 13.5. The van der Waals surface area contributed by atoms with Crippen LogP contribution in [0.3, 0.4) is 0 Å². The molecule has 0 spiro atoms. The minimum Gasteiger partial charge on any atom is -0.356 e. The molecule has 0 fully saturated rings. The summed E-state index contributed by atoms with van der Waals surface area (Å²) in [5.41, 5.74) is 0.973. The maximum Gasteiger partial charge on any atom is 0.253 e. The Bertz CT molecular complexity index is 590. The van der Waals surface area contributed by atoms with Crippen LogP contribution in [0.1, 0.15) is 23.0 Å². The first-order valence-corrected chi connectivity index (χ1v) is 5.30. The van der Waals surface area contributed by atoms with Gasteiger partial charge in [-0.3, -0.25) is 4.79 Å². The molecule has 1 aromatic carbocycles. The van der Waals surface area contributed by atoms with Gasteiger partial charge in [-0.25, -0.2) is 8.78 Å². The van der Waals surface area contributed by atoms with Gasteiger partial charge in [-0.15, -0.1) is 0 Å². The van der Waals surface area contributed by atoms with Gasteiger partial charge in [0.1, 0.15) is 11.6 Å². The number of aryl methyl sites for hydroxylation is 1. The van der Waals surface area contributed by atoms with Crippen molar-refractivity contribution in [2.75, 3.05) is 6.54 Å². The van der Waals surface area contributed by atoms with Gasteiger partial charge in [0.25, 0.3) is 5.91 Å². The molecule has 0 aliphatic heterocycles. The van der Waals surface area contributed by atoms with Crippen molar-refractivity contribution in [1.29, 1.82) is 0 Å². The molecular weight excluding hydrogens is 226 g/mol. The van der Waals surface area contributed by atoms with Gasteiger partial charge < -0.3 is 10.3 Å². The molecule has 0 aliphatic carbocycles. The molecule has 0 bridgehead atoms. The van der Waals surface area contributed by atoms with E-state index in [2.05, 4.69) is 10.3 Å². The molecule has 0 atom stereocenters. The minimum absolute atomic E-state index is 0.158. The number of H-pyrrole nitrogens is 1. The molecule has 0 saturated heterocycles. The topological polar surface area (TPSA) is 44.9 Å². The average Bonchev–Trinajstić information content (AvgIpc) is 2.55. The lowest BCUT2D eigenvalue weighted by atomic mass is 10.1. The Hall–Kier alpha value is -1.91. The normalized spacial score (nSPS) is 10.8. The van der Waals surface area contributed by atoms with Crippen LogP contribution in [0.4, 0.5) is 8.78 Å². The van der Waals surface area contributed by atoms with E-state index in [4.69, 9.17) is 0 Å². The van der Waals surface area contributed by atoms with Crippen LogP contribution < -0.4 is 5.32 Å². The van der Waals surface area contributed by atoms with Gasteiger partial charge in [0.15, 0.2) is 0 Å². The summed E-state index contributed by atoms with van der Waals surface area (Å²) in [6.45, 7) is 3.90. The number of aromatic nitrogens is 1. The number of carbonyl (C=O) groups is 1. The Balaban J connectivity index is 2.70. The number of amides is 1. The van der Waals surface area contributed by atoms with Crippen molar-refractivity contribution in [3.05, 3.63) is 35.0 Å². The van der Waals surface area contributed by atoms with Crippen LogP contribution in [0.5, 0.6) is 0 Å². The number of aromatic amines is 1. The Morgan fingerprint density at radius 2 is 2.12 bits per heavy atom. The molecule has 2 rings (SSSR count). The number of hydrogen-bond acceptors (Lipinski definition) is 1. The zero-order valence-corrected chi connectivity index (χ0v) is 9.53. The van der Waals surface area contributed by atoms with Crippen molar-refractivity contribution < 1.29 is 13.6 Å². The zero-order chi connectivity index (χ0) is 12.6. The van der Waals surface area contributed by atoms with E-state index < -0.39 is 11.6 Å². The van der Waals surface area contributed by atoms with Crippen LogP contribution >= 0.6 is 0 Å². The van der Waals surface area contributed by atoms with Crippen molar-refractivity contribution in [2.24, 2.45) is 0 Å². The van der Waals surface area contributed by atoms with Gasteiger partial charge in [-0.05, 0) is 19.9 Å². The number of carbonyl (C=O) groups excluding carboxylic acids is 1.